The Hall–Kier alpha value is -2.78. The van der Waals surface area contributed by atoms with Crippen molar-refractivity contribution in [2.45, 2.75) is 9.79 Å². The quantitative estimate of drug-likeness (QED) is 0.141. The smallest absolute Gasteiger partial charge is 0.744 e. The molecular formula is C20H14N3NaO8S2. The molecule has 6 N–H and O–H groups in total. The molecule has 0 amide bonds. The Morgan fingerprint density at radius 1 is 0.824 bits per heavy atom. The second-order valence-electron chi connectivity index (χ2n) is 7.10. The van der Waals surface area contributed by atoms with Crippen molar-refractivity contribution in [1.82, 2.24) is 0 Å². The van der Waals surface area contributed by atoms with Crippen LogP contribution >= 0.6 is 0 Å². The Morgan fingerprint density at radius 3 is 1.91 bits per heavy atom. The number of nitrogen functional groups attached to an aromatic ring is 2. The normalized spacial score (nSPS) is 13.0. The second-order valence-corrected chi connectivity index (χ2v) is 9.83. The number of hydrogen-bond donors (Lipinski definition) is 4. The van der Waals surface area contributed by atoms with Gasteiger partial charge in [-0.3, -0.25) is 14.1 Å². The van der Waals surface area contributed by atoms with Gasteiger partial charge in [-0.05, 0) is 24.3 Å². The van der Waals surface area contributed by atoms with E-state index < -0.39 is 52.8 Å². The molecule has 0 radical (unpaired) electrons. The summed E-state index contributed by atoms with van der Waals surface area (Å²) < 4.78 is 67.9. The predicted molar refractivity (Wildman–Crippen MR) is 116 cm³/mol. The van der Waals surface area contributed by atoms with Crippen LogP contribution in [0.25, 0.3) is 0 Å². The van der Waals surface area contributed by atoms with Crippen molar-refractivity contribution in [3.8, 4) is 0 Å². The summed E-state index contributed by atoms with van der Waals surface area (Å²) >= 11 is 0. The summed E-state index contributed by atoms with van der Waals surface area (Å²) in [5, 5.41) is 2.63. The number of anilines is 4. The Balaban J connectivity index is 0.00000324. The van der Waals surface area contributed by atoms with Crippen molar-refractivity contribution in [2.75, 3.05) is 16.8 Å². The average molecular weight is 511 g/mol. The van der Waals surface area contributed by atoms with E-state index in [2.05, 4.69) is 5.32 Å². The van der Waals surface area contributed by atoms with Gasteiger partial charge in [0, 0.05) is 22.5 Å². The first-order chi connectivity index (χ1) is 15.3. The first-order valence-corrected chi connectivity index (χ1v) is 11.9. The van der Waals surface area contributed by atoms with Crippen LogP contribution in [0.2, 0.25) is 0 Å². The van der Waals surface area contributed by atoms with Gasteiger partial charge < -0.3 is 21.3 Å². The Morgan fingerprint density at radius 2 is 1.38 bits per heavy atom. The number of hydrogen-bond acceptors (Lipinski definition) is 10. The molecule has 170 valence electrons. The predicted octanol–water partition coefficient (Wildman–Crippen LogP) is -1.48. The van der Waals surface area contributed by atoms with Crippen LogP contribution in [-0.2, 0) is 20.2 Å². The van der Waals surface area contributed by atoms with E-state index in [9.17, 15) is 35.5 Å². The molecule has 34 heavy (non-hydrogen) atoms. The molecule has 0 bridgehead atoms. The van der Waals surface area contributed by atoms with E-state index in [4.69, 9.17) is 11.5 Å². The van der Waals surface area contributed by atoms with E-state index in [1.807, 2.05) is 0 Å². The maximum absolute atomic E-state index is 13.2. The van der Waals surface area contributed by atoms with Crippen molar-refractivity contribution < 1.29 is 65.1 Å². The summed E-state index contributed by atoms with van der Waals surface area (Å²) in [5.74, 6) is -1.41. The molecule has 3 aromatic carbocycles. The average Bonchev–Trinajstić information content (AvgIpc) is 2.72. The van der Waals surface area contributed by atoms with Crippen LogP contribution in [0.4, 0.5) is 22.7 Å². The number of nitrogens with two attached hydrogens (primary N) is 2. The number of carbonyl (C=O) groups excluding carboxylic acids is 2. The monoisotopic (exact) mass is 511 g/mol. The minimum absolute atomic E-state index is 0. The fourth-order valence-electron chi connectivity index (χ4n) is 3.59. The zero-order valence-electron chi connectivity index (χ0n) is 17.4. The molecule has 0 saturated heterocycles. The van der Waals surface area contributed by atoms with Crippen LogP contribution in [0.1, 0.15) is 31.8 Å². The largest absolute Gasteiger partial charge is 1.00 e. The van der Waals surface area contributed by atoms with E-state index in [1.54, 1.807) is 0 Å². The van der Waals surface area contributed by atoms with Crippen molar-refractivity contribution in [3.63, 3.8) is 0 Å². The summed E-state index contributed by atoms with van der Waals surface area (Å²) in [6.45, 7) is 0. The van der Waals surface area contributed by atoms with Crippen molar-refractivity contribution in [3.05, 3.63) is 70.8 Å². The molecule has 4 rings (SSSR count). The molecule has 11 nitrogen and oxygen atoms in total. The van der Waals surface area contributed by atoms with E-state index in [0.717, 1.165) is 18.2 Å². The number of carbonyl (C=O) groups is 2. The summed E-state index contributed by atoms with van der Waals surface area (Å²) in [6, 6.07) is 9.92. The van der Waals surface area contributed by atoms with Crippen LogP contribution < -0.4 is 46.3 Å². The van der Waals surface area contributed by atoms with Crippen LogP contribution in [0, 0.1) is 0 Å². The second kappa shape index (κ2) is 8.78. The number of fused-ring (bicyclic) bond motifs is 2. The van der Waals surface area contributed by atoms with Gasteiger partial charge in [-0.1, -0.05) is 24.3 Å². The maximum Gasteiger partial charge on any atom is 1.00 e. The first-order valence-electron chi connectivity index (χ1n) is 9.05. The van der Waals surface area contributed by atoms with E-state index in [0.29, 0.717) is 0 Å². The third-order valence-corrected chi connectivity index (χ3v) is 6.83. The molecule has 0 aliphatic heterocycles. The van der Waals surface area contributed by atoms with Gasteiger partial charge >= 0.3 is 29.6 Å². The Bertz CT molecular complexity index is 1600. The number of ketones is 2. The Kier molecular flexibility index (Phi) is 6.67. The van der Waals surface area contributed by atoms with Crippen LogP contribution in [0.15, 0.2) is 58.3 Å². The summed E-state index contributed by atoms with van der Waals surface area (Å²) in [6.07, 6.45) is 0. The standard InChI is InChI=1S/C20H15N3O8S2.Na/c21-12-6-5-9(7-14(12)32(26,27)28)23-13-8-15(33(29,30)31)18(22)17-16(13)19(24)10-3-1-2-4-11(10)20(17)25;/h1-8,23H,21-22H2,(H,26,27,28)(H,29,30,31);/q;+1/p-1. The fourth-order valence-corrected chi connectivity index (χ4v) is 4.86. The molecule has 0 spiro atoms. The minimum Gasteiger partial charge on any atom is -0.744 e. The third-order valence-electron chi connectivity index (χ3n) is 5.04. The van der Waals surface area contributed by atoms with Gasteiger partial charge in [0.05, 0.1) is 27.4 Å². The number of nitrogens with one attached hydrogen (secondary N) is 1. The number of benzene rings is 3. The first kappa shape index (κ1) is 25.8. The molecule has 1 aliphatic carbocycles. The fraction of sp³-hybridized carbons (Fsp3) is 0. The van der Waals surface area contributed by atoms with Crippen LogP contribution in [-0.4, -0.2) is 37.5 Å². The topological polar surface area (TPSA) is 210 Å². The summed E-state index contributed by atoms with van der Waals surface area (Å²) in [5.41, 5.74) is 9.46. The molecule has 0 heterocycles. The van der Waals surface area contributed by atoms with E-state index in [-0.39, 0.29) is 63.3 Å². The van der Waals surface area contributed by atoms with Crippen molar-refractivity contribution in [1.29, 1.82) is 0 Å². The van der Waals surface area contributed by atoms with Gasteiger partial charge in [-0.15, -0.1) is 0 Å². The molecule has 0 fully saturated rings. The number of rotatable bonds is 4. The molecule has 0 atom stereocenters. The maximum atomic E-state index is 13.2. The van der Waals surface area contributed by atoms with Crippen LogP contribution in [0.5, 0.6) is 0 Å². The molecule has 0 aromatic heterocycles. The molecule has 1 aliphatic rings. The van der Waals surface area contributed by atoms with Crippen LogP contribution in [0.3, 0.4) is 0 Å². The van der Waals surface area contributed by atoms with E-state index >= 15 is 0 Å². The van der Waals surface area contributed by atoms with Gasteiger partial charge in [-0.2, -0.15) is 8.42 Å². The zero-order valence-corrected chi connectivity index (χ0v) is 21.0. The zero-order chi connectivity index (χ0) is 24.3. The van der Waals surface area contributed by atoms with Gasteiger partial charge in [0.25, 0.3) is 10.1 Å². The van der Waals surface area contributed by atoms with Gasteiger partial charge in [-0.25, -0.2) is 8.42 Å². The molecular weight excluding hydrogens is 497 g/mol. The SMILES string of the molecule is Nc1ccc(Nc2cc(S(=O)(=O)O)c(N)c3c2C(=O)c2ccccc2C3=O)cc1S(=O)(=O)[O-].[Na+]. The van der Waals surface area contributed by atoms with Crippen molar-refractivity contribution >= 4 is 54.6 Å². The Labute approximate surface area is 215 Å². The van der Waals surface area contributed by atoms with Gasteiger partial charge in [0.2, 0.25) is 0 Å². The summed E-state index contributed by atoms with van der Waals surface area (Å²) in [7, 11) is -9.89. The molecule has 0 saturated carbocycles. The summed E-state index contributed by atoms with van der Waals surface area (Å²) in [4.78, 5) is 24.8. The molecule has 3 aromatic rings. The van der Waals surface area contributed by atoms with Gasteiger partial charge in [0.1, 0.15) is 15.0 Å². The van der Waals surface area contributed by atoms with E-state index in [1.165, 1.54) is 30.3 Å². The van der Waals surface area contributed by atoms with Crippen molar-refractivity contribution in [2.24, 2.45) is 0 Å². The van der Waals surface area contributed by atoms with Gasteiger partial charge in [0.15, 0.2) is 11.6 Å². The minimum atomic E-state index is -4.96. The molecule has 14 heteroatoms. The third kappa shape index (κ3) is 4.34. The molecule has 0 unspecified atom stereocenters.